The Bertz CT molecular complexity index is 717. The van der Waals surface area contributed by atoms with Gasteiger partial charge in [-0.25, -0.2) is 0 Å². The first-order valence-corrected chi connectivity index (χ1v) is 9.14. The number of piperidine rings is 1. The Hall–Kier alpha value is -1.40. The molecule has 0 aliphatic carbocycles. The normalized spacial score (nSPS) is 20.4. The van der Waals surface area contributed by atoms with Gasteiger partial charge < -0.3 is 10.0 Å². The molecule has 1 aliphatic rings. The molecule has 3 heterocycles. The zero-order chi connectivity index (χ0) is 16.7. The Labute approximate surface area is 140 Å². The highest BCUT2D eigenvalue weighted by Crippen LogP contribution is 2.33. The Morgan fingerprint density at radius 1 is 1.43 bits per heavy atom. The number of hydrogen-bond donors (Lipinski definition) is 1. The van der Waals surface area contributed by atoms with Crippen LogP contribution in [0.4, 0.5) is 0 Å². The summed E-state index contributed by atoms with van der Waals surface area (Å²) in [6.07, 6.45) is 1.60. The highest BCUT2D eigenvalue weighted by molar-refractivity contribution is 7.20. The van der Waals surface area contributed by atoms with Gasteiger partial charge in [-0.15, -0.1) is 11.3 Å². The second-order valence-electron chi connectivity index (χ2n) is 6.89. The summed E-state index contributed by atoms with van der Waals surface area (Å²) in [7, 11) is 1.93. The summed E-state index contributed by atoms with van der Waals surface area (Å²) in [6.45, 7) is 7.50. The third kappa shape index (κ3) is 3.02. The molecule has 126 valence electrons. The van der Waals surface area contributed by atoms with E-state index in [0.29, 0.717) is 12.5 Å². The lowest BCUT2D eigenvalue weighted by molar-refractivity contribution is 0.0469. The number of aliphatic hydroxyl groups is 1. The highest BCUT2D eigenvalue weighted by Gasteiger charge is 2.28. The average Bonchev–Trinajstić information content (AvgIpc) is 3.07. The lowest BCUT2D eigenvalue weighted by atomic mass is 9.93. The van der Waals surface area contributed by atoms with Gasteiger partial charge in [-0.2, -0.15) is 5.10 Å². The van der Waals surface area contributed by atoms with Crippen LogP contribution in [0.2, 0.25) is 0 Å². The van der Waals surface area contributed by atoms with Crippen LogP contribution in [0, 0.1) is 5.92 Å². The van der Waals surface area contributed by atoms with Crippen LogP contribution < -0.4 is 0 Å². The Kier molecular flexibility index (Phi) is 4.47. The average molecular weight is 335 g/mol. The van der Waals surface area contributed by atoms with Crippen LogP contribution in [-0.4, -0.2) is 44.9 Å². The summed E-state index contributed by atoms with van der Waals surface area (Å²) >= 11 is 1.52. The largest absolute Gasteiger partial charge is 0.393 e. The van der Waals surface area contributed by atoms with Crippen LogP contribution in [0.5, 0.6) is 0 Å². The van der Waals surface area contributed by atoms with Crippen molar-refractivity contribution in [3.05, 3.63) is 16.6 Å². The third-order valence-electron chi connectivity index (χ3n) is 4.73. The van der Waals surface area contributed by atoms with Gasteiger partial charge in [-0.05, 0) is 31.7 Å². The second-order valence-corrected chi connectivity index (χ2v) is 7.92. The van der Waals surface area contributed by atoms with Crippen molar-refractivity contribution in [3.8, 4) is 0 Å². The van der Waals surface area contributed by atoms with E-state index in [4.69, 9.17) is 0 Å². The number of amides is 1. The molecule has 2 atom stereocenters. The third-order valence-corrected chi connectivity index (χ3v) is 5.91. The van der Waals surface area contributed by atoms with Gasteiger partial charge in [0.2, 0.25) is 0 Å². The van der Waals surface area contributed by atoms with E-state index in [1.54, 1.807) is 0 Å². The summed E-state index contributed by atoms with van der Waals surface area (Å²) in [5.74, 6) is 0.618. The molecule has 3 rings (SSSR count). The summed E-state index contributed by atoms with van der Waals surface area (Å²) < 4.78 is 1.88. The summed E-state index contributed by atoms with van der Waals surface area (Å²) in [5, 5.41) is 15.5. The summed E-state index contributed by atoms with van der Waals surface area (Å²) in [4.78, 5) is 16.6. The number of carbonyl (C=O) groups is 1. The first kappa shape index (κ1) is 16.5. The van der Waals surface area contributed by atoms with Gasteiger partial charge in [0.15, 0.2) is 0 Å². The number of aromatic nitrogens is 2. The quantitative estimate of drug-likeness (QED) is 0.938. The fourth-order valence-corrected chi connectivity index (χ4v) is 4.39. The SMILES string of the molecule is CC(C)c1nn(C)c2sc(C(=O)N3CCCC(C(C)O)C3)cc12. The molecule has 0 bridgehead atoms. The van der Waals surface area contributed by atoms with Crippen molar-refractivity contribution >= 4 is 27.5 Å². The van der Waals surface area contributed by atoms with Gasteiger partial charge in [-0.1, -0.05) is 13.8 Å². The van der Waals surface area contributed by atoms with Crippen LogP contribution in [0.25, 0.3) is 10.2 Å². The molecule has 1 N–H and O–H groups in total. The van der Waals surface area contributed by atoms with Gasteiger partial charge in [0.25, 0.3) is 5.91 Å². The number of fused-ring (bicyclic) bond motifs is 1. The Morgan fingerprint density at radius 2 is 2.17 bits per heavy atom. The summed E-state index contributed by atoms with van der Waals surface area (Å²) in [6, 6.07) is 2.00. The number of likely N-dealkylation sites (tertiary alicyclic amines) is 1. The Balaban J connectivity index is 1.88. The topological polar surface area (TPSA) is 58.4 Å². The Morgan fingerprint density at radius 3 is 2.83 bits per heavy atom. The first-order valence-electron chi connectivity index (χ1n) is 8.32. The first-order chi connectivity index (χ1) is 10.9. The maximum absolute atomic E-state index is 12.9. The molecule has 2 aromatic heterocycles. The van der Waals surface area contributed by atoms with Gasteiger partial charge in [0, 0.05) is 31.4 Å². The van der Waals surface area contributed by atoms with Gasteiger partial charge in [-0.3, -0.25) is 9.48 Å². The fourth-order valence-electron chi connectivity index (χ4n) is 3.34. The van der Waals surface area contributed by atoms with Crippen LogP contribution in [0.1, 0.15) is 54.9 Å². The standard InChI is InChI=1S/C17H25N3O2S/c1-10(2)15-13-8-14(23-17(13)19(4)18-15)16(22)20-7-5-6-12(9-20)11(3)21/h8,10-12,21H,5-7,9H2,1-4H3. The lowest BCUT2D eigenvalue weighted by Crippen LogP contribution is -2.42. The van der Waals surface area contributed by atoms with Crippen molar-refractivity contribution in [2.45, 2.75) is 45.6 Å². The molecule has 1 fully saturated rings. The van der Waals surface area contributed by atoms with Crippen LogP contribution in [0.15, 0.2) is 6.07 Å². The fraction of sp³-hybridized carbons (Fsp3) is 0.647. The highest BCUT2D eigenvalue weighted by atomic mass is 32.1. The van der Waals surface area contributed by atoms with Crippen LogP contribution in [-0.2, 0) is 7.05 Å². The minimum Gasteiger partial charge on any atom is -0.393 e. The maximum atomic E-state index is 12.9. The maximum Gasteiger partial charge on any atom is 0.264 e. The van der Waals surface area contributed by atoms with Crippen LogP contribution >= 0.6 is 11.3 Å². The predicted octanol–water partition coefficient (Wildman–Crippen LogP) is 2.99. The molecule has 1 aliphatic heterocycles. The molecular formula is C17H25N3O2S. The van der Waals surface area contributed by atoms with Gasteiger partial charge >= 0.3 is 0 Å². The molecule has 6 heteroatoms. The van der Waals surface area contributed by atoms with Crippen molar-refractivity contribution < 1.29 is 9.90 Å². The molecule has 23 heavy (non-hydrogen) atoms. The monoisotopic (exact) mass is 335 g/mol. The predicted molar refractivity (Wildman–Crippen MR) is 93.0 cm³/mol. The van der Waals surface area contributed by atoms with E-state index in [0.717, 1.165) is 40.2 Å². The number of thiophene rings is 1. The second kappa shape index (κ2) is 6.24. The van der Waals surface area contributed by atoms with E-state index in [9.17, 15) is 9.90 Å². The van der Waals surface area contributed by atoms with E-state index < -0.39 is 0 Å². The van der Waals surface area contributed by atoms with E-state index in [1.807, 2.05) is 29.6 Å². The number of rotatable bonds is 3. The molecule has 1 saturated heterocycles. The number of carbonyl (C=O) groups excluding carboxylic acids is 1. The zero-order valence-electron chi connectivity index (χ0n) is 14.2. The molecular weight excluding hydrogens is 310 g/mol. The van der Waals surface area contributed by atoms with E-state index in [2.05, 4.69) is 18.9 Å². The van der Waals surface area contributed by atoms with Crippen molar-refractivity contribution in [1.29, 1.82) is 0 Å². The minimum atomic E-state index is -0.357. The molecule has 0 radical (unpaired) electrons. The van der Waals surface area contributed by atoms with Gasteiger partial charge in [0.05, 0.1) is 16.7 Å². The number of hydrogen-bond acceptors (Lipinski definition) is 4. The number of nitrogens with zero attached hydrogens (tertiary/aromatic N) is 3. The van der Waals surface area contributed by atoms with Crippen molar-refractivity contribution in [2.24, 2.45) is 13.0 Å². The molecule has 0 saturated carbocycles. The van der Waals surface area contributed by atoms with E-state index in [1.165, 1.54) is 11.3 Å². The smallest absolute Gasteiger partial charge is 0.264 e. The number of aliphatic hydroxyl groups excluding tert-OH is 1. The van der Waals surface area contributed by atoms with Gasteiger partial charge in [0.1, 0.15) is 4.83 Å². The summed E-state index contributed by atoms with van der Waals surface area (Å²) in [5.41, 5.74) is 1.05. The van der Waals surface area contributed by atoms with E-state index in [-0.39, 0.29) is 17.9 Å². The molecule has 0 aromatic carbocycles. The number of aryl methyl sites for hydroxylation is 1. The molecule has 0 spiro atoms. The molecule has 2 aromatic rings. The van der Waals surface area contributed by atoms with Crippen LogP contribution in [0.3, 0.4) is 0 Å². The van der Waals surface area contributed by atoms with Crippen molar-refractivity contribution in [3.63, 3.8) is 0 Å². The van der Waals surface area contributed by atoms with E-state index >= 15 is 0 Å². The van der Waals surface area contributed by atoms with Crippen molar-refractivity contribution in [2.75, 3.05) is 13.1 Å². The minimum absolute atomic E-state index is 0.0891. The molecule has 1 amide bonds. The lowest BCUT2D eigenvalue weighted by Gasteiger charge is -2.33. The molecule has 5 nitrogen and oxygen atoms in total. The van der Waals surface area contributed by atoms with Crippen molar-refractivity contribution in [1.82, 2.24) is 14.7 Å². The molecule has 2 unspecified atom stereocenters. The zero-order valence-corrected chi connectivity index (χ0v) is 15.1.